The van der Waals surface area contributed by atoms with E-state index in [0.717, 1.165) is 38.7 Å². The summed E-state index contributed by atoms with van der Waals surface area (Å²) in [6, 6.07) is 11.9. The van der Waals surface area contributed by atoms with Crippen molar-refractivity contribution in [3.05, 3.63) is 76.1 Å². The summed E-state index contributed by atoms with van der Waals surface area (Å²) in [4.78, 5) is 41.5. The molecule has 4 rings (SSSR count). The molecule has 0 unspecified atom stereocenters. The van der Waals surface area contributed by atoms with Crippen LogP contribution >= 0.6 is 11.8 Å². The van der Waals surface area contributed by atoms with Crippen LogP contribution in [0.2, 0.25) is 0 Å². The molecule has 1 aliphatic rings. The van der Waals surface area contributed by atoms with E-state index in [1.165, 1.54) is 18.2 Å². The van der Waals surface area contributed by atoms with Gasteiger partial charge in [-0.15, -0.1) is 0 Å². The van der Waals surface area contributed by atoms with Crippen LogP contribution in [0.5, 0.6) is 0 Å². The Labute approximate surface area is 182 Å². The van der Waals surface area contributed by atoms with Gasteiger partial charge in [0.15, 0.2) is 0 Å². The zero-order valence-corrected chi connectivity index (χ0v) is 17.6. The van der Waals surface area contributed by atoms with Crippen LogP contribution in [0.3, 0.4) is 0 Å². The minimum Gasteiger partial charge on any atom is -0.361 e. The summed E-state index contributed by atoms with van der Waals surface area (Å²) in [7, 11) is 0. The molecule has 1 fully saturated rings. The van der Waals surface area contributed by atoms with E-state index in [-0.39, 0.29) is 35.9 Å². The quantitative estimate of drug-likeness (QED) is 0.571. The van der Waals surface area contributed by atoms with Gasteiger partial charge < -0.3 is 10.3 Å². The Morgan fingerprint density at radius 3 is 2.81 bits per heavy atom. The number of benzene rings is 2. The van der Waals surface area contributed by atoms with Crippen molar-refractivity contribution in [2.45, 2.75) is 13.3 Å². The van der Waals surface area contributed by atoms with Gasteiger partial charge in [0.1, 0.15) is 5.82 Å². The molecule has 1 saturated heterocycles. The number of imide groups is 1. The third-order valence-corrected chi connectivity index (χ3v) is 5.98. The van der Waals surface area contributed by atoms with Crippen LogP contribution in [0.4, 0.5) is 9.18 Å². The van der Waals surface area contributed by atoms with Crippen molar-refractivity contribution in [2.75, 3.05) is 13.1 Å². The highest BCUT2D eigenvalue weighted by molar-refractivity contribution is 8.18. The van der Waals surface area contributed by atoms with Gasteiger partial charge in [0.25, 0.3) is 11.1 Å². The fourth-order valence-electron chi connectivity index (χ4n) is 3.56. The number of thioether (sulfide) groups is 1. The number of nitrogens with zero attached hydrogens (tertiary/aromatic N) is 1. The summed E-state index contributed by atoms with van der Waals surface area (Å²) >= 11 is 0.766. The molecule has 2 aromatic carbocycles. The molecule has 1 aromatic heterocycles. The van der Waals surface area contributed by atoms with Crippen molar-refractivity contribution in [1.29, 1.82) is 0 Å². The van der Waals surface area contributed by atoms with E-state index in [4.69, 9.17) is 0 Å². The molecule has 158 valence electrons. The summed E-state index contributed by atoms with van der Waals surface area (Å²) in [5.74, 6) is -1.15. The number of aromatic nitrogens is 1. The zero-order valence-electron chi connectivity index (χ0n) is 16.8. The summed E-state index contributed by atoms with van der Waals surface area (Å²) in [5, 5.41) is 3.35. The number of aryl methyl sites for hydroxylation is 1. The number of nitrogens with one attached hydrogen (secondary N) is 2. The summed E-state index contributed by atoms with van der Waals surface area (Å²) in [6.45, 7) is 2.19. The van der Waals surface area contributed by atoms with Gasteiger partial charge in [0.05, 0.1) is 11.3 Å². The van der Waals surface area contributed by atoms with Crippen molar-refractivity contribution in [3.8, 4) is 0 Å². The third-order valence-electron chi connectivity index (χ3n) is 5.07. The van der Waals surface area contributed by atoms with Crippen molar-refractivity contribution < 1.29 is 18.8 Å². The first-order valence-electron chi connectivity index (χ1n) is 9.76. The van der Waals surface area contributed by atoms with E-state index in [9.17, 15) is 18.8 Å². The largest absolute Gasteiger partial charge is 0.361 e. The summed E-state index contributed by atoms with van der Waals surface area (Å²) < 4.78 is 13.8. The van der Waals surface area contributed by atoms with Crippen LogP contribution in [0.1, 0.15) is 16.7 Å². The maximum absolute atomic E-state index is 13.8. The molecule has 0 bridgehead atoms. The Hall–Kier alpha value is -3.39. The fourth-order valence-corrected chi connectivity index (χ4v) is 4.42. The van der Waals surface area contributed by atoms with Crippen LogP contribution in [-0.4, -0.2) is 40.0 Å². The van der Waals surface area contributed by atoms with Gasteiger partial charge in [-0.1, -0.05) is 30.3 Å². The van der Waals surface area contributed by atoms with E-state index in [1.807, 2.05) is 31.3 Å². The number of carbonyl (C=O) groups is 3. The first kappa shape index (κ1) is 20.9. The molecule has 1 aliphatic heterocycles. The Kier molecular flexibility index (Phi) is 5.90. The maximum atomic E-state index is 13.8. The number of fused-ring (bicyclic) bond motifs is 1. The smallest absolute Gasteiger partial charge is 0.293 e. The van der Waals surface area contributed by atoms with Crippen LogP contribution in [0.25, 0.3) is 17.0 Å². The maximum Gasteiger partial charge on any atom is 0.293 e. The van der Waals surface area contributed by atoms with E-state index in [0.29, 0.717) is 0 Å². The molecule has 3 aromatic rings. The molecule has 0 atom stereocenters. The first-order chi connectivity index (χ1) is 14.9. The van der Waals surface area contributed by atoms with Gasteiger partial charge in [-0.3, -0.25) is 19.3 Å². The van der Waals surface area contributed by atoms with E-state index < -0.39 is 17.0 Å². The highest BCUT2D eigenvalue weighted by Crippen LogP contribution is 2.32. The summed E-state index contributed by atoms with van der Waals surface area (Å²) in [6.07, 6.45) is 3.39. The lowest BCUT2D eigenvalue weighted by atomic mass is 10.1. The van der Waals surface area contributed by atoms with Crippen LogP contribution in [0.15, 0.2) is 53.6 Å². The van der Waals surface area contributed by atoms with E-state index in [1.54, 1.807) is 12.1 Å². The van der Waals surface area contributed by atoms with Gasteiger partial charge in [-0.05, 0) is 48.0 Å². The number of carbonyl (C=O) groups excluding carboxylic acids is 3. The number of amides is 3. The fraction of sp³-hybridized carbons (Fsp3) is 0.174. The molecule has 2 heterocycles. The topological polar surface area (TPSA) is 82.3 Å². The molecule has 31 heavy (non-hydrogen) atoms. The van der Waals surface area contributed by atoms with Gasteiger partial charge >= 0.3 is 0 Å². The highest BCUT2D eigenvalue weighted by atomic mass is 32.2. The number of halogens is 1. The van der Waals surface area contributed by atoms with Crippen LogP contribution in [0, 0.1) is 12.7 Å². The van der Waals surface area contributed by atoms with Crippen molar-refractivity contribution in [2.24, 2.45) is 0 Å². The van der Waals surface area contributed by atoms with Crippen molar-refractivity contribution in [3.63, 3.8) is 0 Å². The monoisotopic (exact) mass is 437 g/mol. The van der Waals surface area contributed by atoms with Gasteiger partial charge in [-0.25, -0.2) is 4.39 Å². The molecule has 0 aliphatic carbocycles. The number of aromatic amines is 1. The SMILES string of the molecule is Cc1cccc2[nH]cc(CC(=O)NCCN3C(=O)SC(=Cc4ccccc4F)C3=O)c12. The molecule has 0 spiro atoms. The minimum absolute atomic E-state index is 0.0535. The standard InChI is InChI=1S/C23H20FN3O3S/c1-14-5-4-8-18-21(14)16(13-26-18)12-20(28)25-9-10-27-22(29)19(31-23(27)30)11-15-6-2-3-7-17(15)24/h2-8,11,13,26H,9-10,12H2,1H3,(H,25,28). The predicted molar refractivity (Wildman–Crippen MR) is 119 cm³/mol. The predicted octanol–water partition coefficient (Wildman–Crippen LogP) is 4.01. The average Bonchev–Trinajstić information content (AvgIpc) is 3.26. The van der Waals surface area contributed by atoms with E-state index >= 15 is 0 Å². The third kappa shape index (κ3) is 4.39. The zero-order chi connectivity index (χ0) is 22.0. The number of rotatable bonds is 6. The molecular formula is C23H20FN3O3S. The number of hydrogen-bond donors (Lipinski definition) is 2. The van der Waals surface area contributed by atoms with Crippen LogP contribution in [-0.2, 0) is 16.0 Å². The second-order valence-corrected chi connectivity index (χ2v) is 8.19. The van der Waals surface area contributed by atoms with Gasteiger partial charge in [0.2, 0.25) is 5.91 Å². The van der Waals surface area contributed by atoms with E-state index in [2.05, 4.69) is 10.3 Å². The Balaban J connectivity index is 1.35. The molecule has 3 amide bonds. The first-order valence-corrected chi connectivity index (χ1v) is 10.6. The number of H-pyrrole nitrogens is 1. The van der Waals surface area contributed by atoms with Crippen molar-refractivity contribution in [1.82, 2.24) is 15.2 Å². The van der Waals surface area contributed by atoms with Gasteiger partial charge in [-0.2, -0.15) is 0 Å². The van der Waals surface area contributed by atoms with Gasteiger partial charge in [0, 0.05) is 35.8 Å². The second-order valence-electron chi connectivity index (χ2n) is 7.19. The molecule has 0 saturated carbocycles. The second kappa shape index (κ2) is 8.77. The van der Waals surface area contributed by atoms with Crippen LogP contribution < -0.4 is 5.32 Å². The highest BCUT2D eigenvalue weighted by Gasteiger charge is 2.34. The Morgan fingerprint density at radius 1 is 1.19 bits per heavy atom. The normalized spacial score (nSPS) is 15.3. The van der Waals surface area contributed by atoms with Crippen molar-refractivity contribution >= 4 is 45.8 Å². The molecule has 8 heteroatoms. The minimum atomic E-state index is -0.486. The Morgan fingerprint density at radius 2 is 2.00 bits per heavy atom. The lowest BCUT2D eigenvalue weighted by molar-refractivity contribution is -0.124. The Bertz CT molecular complexity index is 1220. The average molecular weight is 437 g/mol. The molecular weight excluding hydrogens is 417 g/mol. The lowest BCUT2D eigenvalue weighted by Crippen LogP contribution is -2.37. The molecule has 2 N–H and O–H groups in total. The lowest BCUT2D eigenvalue weighted by Gasteiger charge is -2.13. The molecule has 0 radical (unpaired) electrons. The molecule has 6 nitrogen and oxygen atoms in total. The number of hydrogen-bond acceptors (Lipinski definition) is 4. The summed E-state index contributed by atoms with van der Waals surface area (Å²) in [5.41, 5.74) is 3.20.